The number of hydrogen-bond donors (Lipinski definition) is 1. The second kappa shape index (κ2) is 5.57. The van der Waals surface area contributed by atoms with Gasteiger partial charge < -0.3 is 5.32 Å². The lowest BCUT2D eigenvalue weighted by Crippen LogP contribution is -2.07. The highest BCUT2D eigenvalue weighted by atomic mass is 35.5. The van der Waals surface area contributed by atoms with Crippen molar-refractivity contribution in [1.82, 2.24) is 4.98 Å². The van der Waals surface area contributed by atoms with Gasteiger partial charge in [0.2, 0.25) is 0 Å². The van der Waals surface area contributed by atoms with E-state index in [1.54, 1.807) is 0 Å². The first-order valence-electron chi connectivity index (χ1n) is 5.07. The molecule has 0 fully saturated rings. The van der Waals surface area contributed by atoms with Gasteiger partial charge in [-0.3, -0.25) is 0 Å². The fraction of sp³-hybridized carbons (Fsp3) is 0.545. The molecular formula is C11H16Cl2N2. The quantitative estimate of drug-likeness (QED) is 0.808. The number of aromatic nitrogens is 1. The predicted molar refractivity (Wildman–Crippen MR) is 66.9 cm³/mol. The summed E-state index contributed by atoms with van der Waals surface area (Å²) in [5.74, 6) is 0.678. The average molecular weight is 247 g/mol. The van der Waals surface area contributed by atoms with Gasteiger partial charge in [-0.1, -0.05) is 37.0 Å². The van der Waals surface area contributed by atoms with Gasteiger partial charge in [-0.25, -0.2) is 4.98 Å². The Kier molecular flexibility index (Phi) is 4.68. The van der Waals surface area contributed by atoms with Crippen LogP contribution in [0.25, 0.3) is 0 Å². The monoisotopic (exact) mass is 246 g/mol. The minimum Gasteiger partial charge on any atom is -0.382 e. The van der Waals surface area contributed by atoms with Gasteiger partial charge in [0, 0.05) is 6.54 Å². The summed E-state index contributed by atoms with van der Waals surface area (Å²) in [7, 11) is 0. The van der Waals surface area contributed by atoms with Crippen LogP contribution >= 0.6 is 23.2 Å². The summed E-state index contributed by atoms with van der Waals surface area (Å²) in [5, 5.41) is 4.17. The number of anilines is 1. The van der Waals surface area contributed by atoms with E-state index in [4.69, 9.17) is 23.2 Å². The Morgan fingerprint density at radius 1 is 1.40 bits per heavy atom. The SMILES string of the molecule is Cc1cc(Cl)nc(Cl)c1NCCC(C)C. The summed E-state index contributed by atoms with van der Waals surface area (Å²) < 4.78 is 0. The molecule has 0 aliphatic carbocycles. The fourth-order valence-electron chi connectivity index (χ4n) is 1.29. The molecule has 1 aromatic heterocycles. The van der Waals surface area contributed by atoms with Gasteiger partial charge in [0.1, 0.15) is 5.15 Å². The van der Waals surface area contributed by atoms with E-state index in [1.807, 2.05) is 13.0 Å². The number of pyridine rings is 1. The molecule has 0 radical (unpaired) electrons. The molecule has 0 aliphatic heterocycles. The molecule has 0 unspecified atom stereocenters. The number of aryl methyl sites for hydroxylation is 1. The van der Waals surface area contributed by atoms with Gasteiger partial charge in [-0.2, -0.15) is 0 Å². The normalized spacial score (nSPS) is 10.8. The van der Waals surface area contributed by atoms with Crippen LogP contribution in [0.2, 0.25) is 10.3 Å². The zero-order valence-corrected chi connectivity index (χ0v) is 10.8. The van der Waals surface area contributed by atoms with Crippen LogP contribution in [0.4, 0.5) is 5.69 Å². The zero-order valence-electron chi connectivity index (χ0n) is 9.27. The highest BCUT2D eigenvalue weighted by Gasteiger charge is 2.06. The Balaban J connectivity index is 2.68. The molecule has 1 N–H and O–H groups in total. The van der Waals surface area contributed by atoms with Crippen molar-refractivity contribution < 1.29 is 0 Å². The van der Waals surface area contributed by atoms with Crippen molar-refractivity contribution in [1.29, 1.82) is 0 Å². The maximum Gasteiger partial charge on any atom is 0.154 e. The smallest absolute Gasteiger partial charge is 0.154 e. The van der Waals surface area contributed by atoms with Crippen LogP contribution in [-0.2, 0) is 0 Å². The molecule has 1 rings (SSSR count). The maximum absolute atomic E-state index is 5.99. The second-order valence-corrected chi connectivity index (χ2v) is 4.78. The molecule has 0 aromatic carbocycles. The van der Waals surface area contributed by atoms with E-state index in [9.17, 15) is 0 Å². The summed E-state index contributed by atoms with van der Waals surface area (Å²) in [6.45, 7) is 7.26. The van der Waals surface area contributed by atoms with E-state index in [0.717, 1.165) is 24.2 Å². The van der Waals surface area contributed by atoms with E-state index in [2.05, 4.69) is 24.1 Å². The summed E-state index contributed by atoms with van der Waals surface area (Å²) >= 11 is 11.8. The largest absolute Gasteiger partial charge is 0.382 e. The lowest BCUT2D eigenvalue weighted by atomic mass is 10.1. The van der Waals surface area contributed by atoms with E-state index in [0.29, 0.717) is 16.2 Å². The molecule has 0 saturated carbocycles. The lowest BCUT2D eigenvalue weighted by molar-refractivity contribution is 0.607. The highest BCUT2D eigenvalue weighted by molar-refractivity contribution is 6.34. The van der Waals surface area contributed by atoms with E-state index in [1.165, 1.54) is 0 Å². The van der Waals surface area contributed by atoms with Gasteiger partial charge in [-0.15, -0.1) is 0 Å². The molecule has 4 heteroatoms. The molecule has 0 saturated heterocycles. The first-order chi connectivity index (χ1) is 7.00. The number of nitrogens with one attached hydrogen (secondary N) is 1. The number of hydrogen-bond acceptors (Lipinski definition) is 2. The summed E-state index contributed by atoms with van der Waals surface area (Å²) in [4.78, 5) is 4.00. The topological polar surface area (TPSA) is 24.9 Å². The molecule has 0 spiro atoms. The van der Waals surface area contributed by atoms with Crippen molar-refractivity contribution in [2.45, 2.75) is 27.2 Å². The standard InChI is InChI=1S/C11H16Cl2N2/c1-7(2)4-5-14-10-8(3)6-9(12)15-11(10)13/h6-7,14H,4-5H2,1-3H3. The Bertz CT molecular complexity index is 314. The third kappa shape index (κ3) is 3.88. The summed E-state index contributed by atoms with van der Waals surface area (Å²) in [6.07, 6.45) is 1.11. The van der Waals surface area contributed by atoms with Crippen LogP contribution in [0, 0.1) is 12.8 Å². The van der Waals surface area contributed by atoms with E-state index >= 15 is 0 Å². The second-order valence-electron chi connectivity index (χ2n) is 4.04. The van der Waals surface area contributed by atoms with E-state index < -0.39 is 0 Å². The van der Waals surface area contributed by atoms with Crippen molar-refractivity contribution in [3.63, 3.8) is 0 Å². The Morgan fingerprint density at radius 3 is 2.60 bits per heavy atom. The molecule has 1 heterocycles. The number of nitrogens with zero attached hydrogens (tertiary/aromatic N) is 1. The maximum atomic E-state index is 5.99. The van der Waals surface area contributed by atoms with Crippen LogP contribution in [-0.4, -0.2) is 11.5 Å². The Morgan fingerprint density at radius 2 is 2.07 bits per heavy atom. The molecule has 0 bridgehead atoms. The van der Waals surface area contributed by atoms with Gasteiger partial charge in [0.15, 0.2) is 5.15 Å². The Labute approximate surface area is 101 Å². The minimum absolute atomic E-state index is 0.437. The number of rotatable bonds is 4. The van der Waals surface area contributed by atoms with Gasteiger partial charge in [0.05, 0.1) is 5.69 Å². The van der Waals surface area contributed by atoms with Crippen LogP contribution in [0.3, 0.4) is 0 Å². The van der Waals surface area contributed by atoms with Crippen LogP contribution < -0.4 is 5.32 Å². The molecular weight excluding hydrogens is 231 g/mol. The molecule has 84 valence electrons. The van der Waals surface area contributed by atoms with Crippen LogP contribution in [0.15, 0.2) is 6.07 Å². The first kappa shape index (κ1) is 12.6. The van der Waals surface area contributed by atoms with Gasteiger partial charge >= 0.3 is 0 Å². The first-order valence-corrected chi connectivity index (χ1v) is 5.82. The third-order valence-electron chi connectivity index (χ3n) is 2.16. The predicted octanol–water partition coefficient (Wildman–Crippen LogP) is 4.15. The fourth-order valence-corrected chi connectivity index (χ4v) is 1.89. The Hall–Kier alpha value is -0.470. The van der Waals surface area contributed by atoms with Crippen molar-refractivity contribution in [3.8, 4) is 0 Å². The molecule has 1 aromatic rings. The van der Waals surface area contributed by atoms with Crippen LogP contribution in [0.1, 0.15) is 25.8 Å². The average Bonchev–Trinajstić information content (AvgIpc) is 2.08. The molecule has 2 nitrogen and oxygen atoms in total. The van der Waals surface area contributed by atoms with Crippen LogP contribution in [0.5, 0.6) is 0 Å². The molecule has 0 atom stereocenters. The van der Waals surface area contributed by atoms with Gasteiger partial charge in [-0.05, 0) is 30.9 Å². The van der Waals surface area contributed by atoms with Crippen molar-refractivity contribution in [3.05, 3.63) is 21.9 Å². The van der Waals surface area contributed by atoms with Crippen molar-refractivity contribution in [2.75, 3.05) is 11.9 Å². The third-order valence-corrected chi connectivity index (χ3v) is 2.63. The summed E-state index contributed by atoms with van der Waals surface area (Å²) in [6, 6.07) is 1.81. The van der Waals surface area contributed by atoms with E-state index in [-0.39, 0.29) is 0 Å². The molecule has 0 aliphatic rings. The molecule has 0 amide bonds. The lowest BCUT2D eigenvalue weighted by Gasteiger charge is -2.12. The molecule has 15 heavy (non-hydrogen) atoms. The number of halogens is 2. The summed E-state index contributed by atoms with van der Waals surface area (Å²) in [5.41, 5.74) is 1.92. The zero-order chi connectivity index (χ0) is 11.4. The van der Waals surface area contributed by atoms with Gasteiger partial charge in [0.25, 0.3) is 0 Å². The van der Waals surface area contributed by atoms with Crippen molar-refractivity contribution >= 4 is 28.9 Å². The minimum atomic E-state index is 0.437. The van der Waals surface area contributed by atoms with Crippen molar-refractivity contribution in [2.24, 2.45) is 5.92 Å². The highest BCUT2D eigenvalue weighted by Crippen LogP contribution is 2.26.